The molecular weight excluding hydrogens is 540 g/mol. The van der Waals surface area contributed by atoms with Gasteiger partial charge >= 0.3 is 5.97 Å². The maximum Gasteiger partial charge on any atom is 0.330 e. The summed E-state index contributed by atoms with van der Waals surface area (Å²) in [6, 6.07) is 0. The van der Waals surface area contributed by atoms with Crippen LogP contribution in [0.15, 0.2) is 165 Å². The average molecular weight is 621 g/mol. The van der Waals surface area contributed by atoms with Gasteiger partial charge in [-0.25, -0.2) is 4.79 Å². The molecule has 0 aromatic heterocycles. The van der Waals surface area contributed by atoms with Gasteiger partial charge in [0.2, 0.25) is 0 Å². The lowest BCUT2D eigenvalue weighted by Gasteiger charge is -1.94. The molecule has 0 amide bonds. The normalized spacial score (nSPS) is 5.02. The third-order valence-corrected chi connectivity index (χ3v) is 0.502. The highest BCUT2D eigenvalue weighted by Crippen LogP contribution is 1.75. The van der Waals surface area contributed by atoms with E-state index in [9.17, 15) is 4.79 Å². The van der Waals surface area contributed by atoms with Gasteiger partial charge in [0.25, 0.3) is 0 Å². The minimum Gasteiger partial charge on any atom is -0.460 e. The molecule has 0 aromatic rings. The Hall–Kier alpha value is -3.95. The lowest BCUT2D eigenvalue weighted by atomic mass is 10.6. The van der Waals surface area contributed by atoms with Gasteiger partial charge in [0.1, 0.15) is 6.61 Å². The summed E-state index contributed by atoms with van der Waals surface area (Å²) < 4.78 is 4.33. The van der Waals surface area contributed by atoms with E-state index >= 15 is 0 Å². The summed E-state index contributed by atoms with van der Waals surface area (Å²) in [6.45, 7) is 66.1. The Bertz CT molecular complexity index is 393. The van der Waals surface area contributed by atoms with Crippen molar-refractivity contribution in [1.29, 1.82) is 0 Å². The van der Waals surface area contributed by atoms with Crippen LogP contribution in [0.1, 0.15) is 83.1 Å². The number of esters is 1. The van der Waals surface area contributed by atoms with Crippen molar-refractivity contribution in [3.8, 4) is 0 Å². The number of allylic oxidation sites excluding steroid dienone is 12. The van der Waals surface area contributed by atoms with Gasteiger partial charge in [0.05, 0.1) is 6.61 Å². The number of aliphatic hydroxyl groups is 1. The van der Waals surface area contributed by atoms with Crippen LogP contribution >= 0.6 is 0 Å². The second kappa shape index (κ2) is 250. The molecule has 0 rings (SSSR count). The van der Waals surface area contributed by atoms with E-state index in [4.69, 9.17) is 5.11 Å². The summed E-state index contributed by atoms with van der Waals surface area (Å²) >= 11 is 0. The second-order valence-corrected chi connectivity index (χ2v) is 5.99. The van der Waals surface area contributed by atoms with E-state index in [1.807, 2.05) is 83.1 Å². The molecule has 3 nitrogen and oxygen atoms in total. The summed E-state index contributed by atoms with van der Waals surface area (Å²) in [4.78, 5) is 10.1. The van der Waals surface area contributed by atoms with Crippen LogP contribution in [0.5, 0.6) is 0 Å². The zero-order valence-corrected chi connectivity index (χ0v) is 31.9. The molecule has 0 spiro atoms. The van der Waals surface area contributed by atoms with E-state index in [1.165, 1.54) is 0 Å². The quantitative estimate of drug-likeness (QED) is 0.194. The molecule has 0 saturated heterocycles. The van der Waals surface area contributed by atoms with Gasteiger partial charge in [-0.1, -0.05) is 79.5 Å². The fraction of sp³-hybridized carbons (Fsp3) is 0.341. The van der Waals surface area contributed by atoms with Crippen molar-refractivity contribution in [1.82, 2.24) is 0 Å². The third kappa shape index (κ3) is 12400. The second-order valence-electron chi connectivity index (χ2n) is 5.99. The smallest absolute Gasteiger partial charge is 0.330 e. The molecule has 0 saturated carbocycles. The number of hydrogen-bond acceptors (Lipinski definition) is 3. The summed E-state index contributed by atoms with van der Waals surface area (Å²) in [5, 5.41) is 8.10. The van der Waals surface area contributed by atoms with Crippen molar-refractivity contribution < 1.29 is 14.6 Å². The molecule has 0 atom stereocenters. The average Bonchev–Trinajstić information content (AvgIpc) is 2.93. The Morgan fingerprint density at radius 2 is 0.523 bits per heavy atom. The van der Waals surface area contributed by atoms with Crippen LogP contribution in [0.3, 0.4) is 0 Å². The van der Waals surface area contributed by atoms with E-state index in [1.54, 1.807) is 72.9 Å². The van der Waals surface area contributed by atoms with E-state index in [-0.39, 0.29) is 13.2 Å². The highest BCUT2D eigenvalue weighted by atomic mass is 16.5. The molecule has 0 radical (unpaired) electrons. The molecule has 1 N–H and O–H groups in total. The number of aliphatic hydroxyl groups excluding tert-OH is 1. The predicted octanol–water partition coefficient (Wildman–Crippen LogP) is 14.0. The van der Waals surface area contributed by atoms with Gasteiger partial charge in [-0.05, 0) is 83.1 Å². The third-order valence-electron chi connectivity index (χ3n) is 0.502. The predicted molar refractivity (Wildman–Crippen MR) is 219 cm³/mol. The zero-order chi connectivity index (χ0) is 38.9. The fourth-order valence-corrected chi connectivity index (χ4v) is 0.205. The SMILES string of the molecule is C=CC.C=CC.C=CC.C=CC.C=CC.C=CC.C=CC.C=CC.C=CC.C=CC.C=CC.C=CC.C=CC(=O)OCCO. The number of carbonyl (C=O) groups excluding carboxylic acids is 1. The van der Waals surface area contributed by atoms with Crippen molar-refractivity contribution >= 4 is 5.97 Å². The maximum atomic E-state index is 10.1. The lowest BCUT2D eigenvalue weighted by Crippen LogP contribution is -2.04. The number of ether oxygens (including phenoxy) is 1. The molecule has 44 heavy (non-hydrogen) atoms. The summed E-state index contributed by atoms with van der Waals surface area (Å²) in [6.07, 6.45) is 22.1. The molecule has 0 unspecified atom stereocenters. The van der Waals surface area contributed by atoms with Gasteiger partial charge in [-0.2, -0.15) is 0 Å². The van der Waals surface area contributed by atoms with Crippen molar-refractivity contribution in [3.63, 3.8) is 0 Å². The first kappa shape index (κ1) is 83.5. The van der Waals surface area contributed by atoms with E-state index in [0.29, 0.717) is 0 Å². The number of carbonyl (C=O) groups is 1. The zero-order valence-electron chi connectivity index (χ0n) is 31.9. The Morgan fingerprint density at radius 3 is 0.591 bits per heavy atom. The largest absolute Gasteiger partial charge is 0.460 e. The molecule has 262 valence electrons. The molecule has 3 heteroatoms. The molecule has 0 bridgehead atoms. The van der Waals surface area contributed by atoms with Crippen LogP contribution < -0.4 is 0 Å². The Morgan fingerprint density at radius 1 is 0.409 bits per heavy atom. The van der Waals surface area contributed by atoms with E-state index < -0.39 is 5.97 Å². The van der Waals surface area contributed by atoms with Gasteiger partial charge in [-0.15, -0.1) is 78.9 Å². The Kier molecular flexibility index (Phi) is 473. The van der Waals surface area contributed by atoms with Crippen molar-refractivity contribution in [2.75, 3.05) is 13.2 Å². The molecule has 0 aromatic carbocycles. The monoisotopic (exact) mass is 621 g/mol. The highest BCUT2D eigenvalue weighted by Gasteiger charge is 1.90. The summed E-state index contributed by atoms with van der Waals surface area (Å²) in [5.74, 6) is -0.501. The minimum atomic E-state index is -0.501. The van der Waals surface area contributed by atoms with Crippen LogP contribution in [0.2, 0.25) is 0 Å². The minimum absolute atomic E-state index is 0.0465. The maximum absolute atomic E-state index is 10.1. The van der Waals surface area contributed by atoms with Crippen molar-refractivity contribution in [2.45, 2.75) is 83.1 Å². The summed E-state index contributed by atoms with van der Waals surface area (Å²) in [5.41, 5.74) is 0. The number of rotatable bonds is 3. The molecular formula is C41H80O3. The molecule has 0 heterocycles. The topological polar surface area (TPSA) is 46.5 Å². The summed E-state index contributed by atoms with van der Waals surface area (Å²) in [7, 11) is 0. The lowest BCUT2D eigenvalue weighted by molar-refractivity contribution is -0.138. The molecule has 0 aliphatic carbocycles. The molecule has 0 aliphatic rings. The standard InChI is InChI=1S/C5H8O3.12C3H6/c1-2-5(7)8-4-3-6;12*1-3-2/h2,6H,1,3-4H2;12*3H,1H2,2H3. The number of hydrogen-bond donors (Lipinski definition) is 1. The van der Waals surface area contributed by atoms with E-state index in [0.717, 1.165) is 6.08 Å². The van der Waals surface area contributed by atoms with Gasteiger partial charge in [0, 0.05) is 6.08 Å². The van der Waals surface area contributed by atoms with Crippen molar-refractivity contribution in [3.05, 3.63) is 165 Å². The van der Waals surface area contributed by atoms with Gasteiger partial charge in [0.15, 0.2) is 0 Å². The first-order chi connectivity index (χ1) is 20.8. The van der Waals surface area contributed by atoms with Crippen LogP contribution in [0.25, 0.3) is 0 Å². The van der Waals surface area contributed by atoms with Gasteiger partial charge < -0.3 is 9.84 Å². The molecule has 0 fully saturated rings. The first-order valence-corrected chi connectivity index (χ1v) is 14.0. The Balaban J connectivity index is -0.0000000220. The van der Waals surface area contributed by atoms with Crippen molar-refractivity contribution in [2.24, 2.45) is 0 Å². The Labute approximate surface area is 281 Å². The van der Waals surface area contributed by atoms with Crippen LogP contribution in [0.4, 0.5) is 0 Å². The first-order valence-electron chi connectivity index (χ1n) is 14.0. The van der Waals surface area contributed by atoms with Crippen LogP contribution in [0, 0.1) is 0 Å². The van der Waals surface area contributed by atoms with Crippen LogP contribution in [-0.2, 0) is 9.53 Å². The molecule has 0 aliphatic heterocycles. The van der Waals surface area contributed by atoms with Crippen LogP contribution in [-0.4, -0.2) is 24.3 Å². The van der Waals surface area contributed by atoms with Gasteiger partial charge in [-0.3, -0.25) is 0 Å². The van der Waals surface area contributed by atoms with E-state index in [2.05, 4.69) is 90.3 Å². The fourth-order valence-electron chi connectivity index (χ4n) is 0.205. The highest BCUT2D eigenvalue weighted by molar-refractivity contribution is 5.81.